The Morgan fingerprint density at radius 1 is 1.33 bits per heavy atom. The van der Waals surface area contributed by atoms with E-state index in [4.69, 9.17) is 14.4 Å². The standard InChI is InChI=1S/C14H13NO3/c16-8-4-3-6-13-5-1-2-7-14(13)17-10-12-9-15-18-11-12/h1-2,5,7,9,11,16H,4,8,10H2. The van der Waals surface area contributed by atoms with Gasteiger partial charge >= 0.3 is 0 Å². The molecule has 0 spiro atoms. The van der Waals surface area contributed by atoms with E-state index in [1.165, 1.54) is 0 Å². The highest BCUT2D eigenvalue weighted by molar-refractivity contribution is 5.45. The van der Waals surface area contributed by atoms with Crippen molar-refractivity contribution < 1.29 is 14.4 Å². The molecule has 0 bridgehead atoms. The second kappa shape index (κ2) is 6.48. The van der Waals surface area contributed by atoms with E-state index in [2.05, 4.69) is 17.0 Å². The van der Waals surface area contributed by atoms with Crippen LogP contribution in [0.25, 0.3) is 0 Å². The Bertz CT molecular complexity index is 538. The number of aliphatic hydroxyl groups excluding tert-OH is 1. The van der Waals surface area contributed by atoms with Crippen molar-refractivity contribution >= 4 is 0 Å². The molecule has 0 aliphatic heterocycles. The van der Waals surface area contributed by atoms with Gasteiger partial charge in [-0.1, -0.05) is 29.1 Å². The number of hydrogen-bond donors (Lipinski definition) is 1. The Morgan fingerprint density at radius 3 is 3.00 bits per heavy atom. The van der Waals surface area contributed by atoms with Crippen molar-refractivity contribution in [1.29, 1.82) is 0 Å². The van der Waals surface area contributed by atoms with Crippen LogP contribution in [0.1, 0.15) is 17.5 Å². The molecule has 1 heterocycles. The van der Waals surface area contributed by atoms with Crippen molar-refractivity contribution in [1.82, 2.24) is 5.16 Å². The molecule has 0 atom stereocenters. The van der Waals surface area contributed by atoms with Gasteiger partial charge in [0.05, 0.1) is 18.4 Å². The first-order valence-corrected chi connectivity index (χ1v) is 5.60. The number of aromatic nitrogens is 1. The molecular weight excluding hydrogens is 230 g/mol. The predicted molar refractivity (Wildman–Crippen MR) is 65.9 cm³/mol. The maximum absolute atomic E-state index is 8.69. The molecule has 2 rings (SSSR count). The molecule has 0 fully saturated rings. The van der Waals surface area contributed by atoms with E-state index < -0.39 is 0 Å². The van der Waals surface area contributed by atoms with E-state index in [-0.39, 0.29) is 6.61 Å². The number of benzene rings is 1. The number of hydrogen-bond acceptors (Lipinski definition) is 4. The van der Waals surface area contributed by atoms with Crippen LogP contribution in [0.2, 0.25) is 0 Å². The normalized spacial score (nSPS) is 9.61. The zero-order chi connectivity index (χ0) is 12.6. The molecule has 0 saturated heterocycles. The lowest BCUT2D eigenvalue weighted by Gasteiger charge is -2.06. The van der Waals surface area contributed by atoms with Crippen LogP contribution in [0.5, 0.6) is 5.75 Å². The van der Waals surface area contributed by atoms with Gasteiger partial charge in [0, 0.05) is 12.0 Å². The lowest BCUT2D eigenvalue weighted by atomic mass is 10.2. The first-order valence-electron chi connectivity index (χ1n) is 5.60. The van der Waals surface area contributed by atoms with Gasteiger partial charge in [0.15, 0.2) is 0 Å². The Kier molecular flexibility index (Phi) is 4.39. The SMILES string of the molecule is OCCC#Cc1ccccc1OCc1cnoc1. The van der Waals surface area contributed by atoms with Crippen LogP contribution in [0.3, 0.4) is 0 Å². The number of ether oxygens (including phenoxy) is 1. The molecule has 18 heavy (non-hydrogen) atoms. The largest absolute Gasteiger partial charge is 0.487 e. The molecule has 0 unspecified atom stereocenters. The third-order valence-electron chi connectivity index (χ3n) is 2.22. The van der Waals surface area contributed by atoms with Crippen molar-refractivity contribution in [3.63, 3.8) is 0 Å². The number of aliphatic hydroxyl groups is 1. The highest BCUT2D eigenvalue weighted by Crippen LogP contribution is 2.18. The van der Waals surface area contributed by atoms with E-state index in [9.17, 15) is 0 Å². The lowest BCUT2D eigenvalue weighted by molar-refractivity contribution is 0.303. The second-order valence-electron chi connectivity index (χ2n) is 3.59. The van der Waals surface area contributed by atoms with E-state index in [1.807, 2.05) is 24.3 Å². The quantitative estimate of drug-likeness (QED) is 0.834. The zero-order valence-corrected chi connectivity index (χ0v) is 9.80. The summed E-state index contributed by atoms with van der Waals surface area (Å²) in [6.07, 6.45) is 3.61. The van der Waals surface area contributed by atoms with Crippen molar-refractivity contribution in [2.45, 2.75) is 13.0 Å². The summed E-state index contributed by atoms with van der Waals surface area (Å²) in [5, 5.41) is 12.3. The minimum absolute atomic E-state index is 0.0662. The average Bonchev–Trinajstić information content (AvgIpc) is 2.91. The fourth-order valence-electron chi connectivity index (χ4n) is 1.37. The van der Waals surface area contributed by atoms with E-state index in [1.54, 1.807) is 12.5 Å². The summed E-state index contributed by atoms with van der Waals surface area (Å²) in [5.74, 6) is 6.56. The maximum Gasteiger partial charge on any atom is 0.135 e. The summed E-state index contributed by atoms with van der Waals surface area (Å²) in [6.45, 7) is 0.457. The molecule has 0 aliphatic carbocycles. The smallest absolute Gasteiger partial charge is 0.135 e. The molecule has 1 aromatic heterocycles. The minimum Gasteiger partial charge on any atom is -0.487 e. The highest BCUT2D eigenvalue weighted by Gasteiger charge is 2.01. The van der Waals surface area contributed by atoms with Crippen molar-refractivity contribution in [3.8, 4) is 17.6 Å². The topological polar surface area (TPSA) is 55.5 Å². The summed E-state index contributed by atoms with van der Waals surface area (Å²) in [5.41, 5.74) is 1.68. The zero-order valence-electron chi connectivity index (χ0n) is 9.80. The van der Waals surface area contributed by atoms with Gasteiger partial charge in [0.25, 0.3) is 0 Å². The van der Waals surface area contributed by atoms with Crippen molar-refractivity contribution in [3.05, 3.63) is 47.9 Å². The molecule has 1 N–H and O–H groups in total. The minimum atomic E-state index is 0.0662. The molecule has 1 aromatic carbocycles. The average molecular weight is 243 g/mol. The van der Waals surface area contributed by atoms with Gasteiger partial charge in [0.2, 0.25) is 0 Å². The van der Waals surface area contributed by atoms with Gasteiger partial charge in [-0.3, -0.25) is 0 Å². The Labute approximate surface area is 105 Å². The van der Waals surface area contributed by atoms with Crippen LogP contribution >= 0.6 is 0 Å². The monoisotopic (exact) mass is 243 g/mol. The Balaban J connectivity index is 2.06. The molecule has 0 radical (unpaired) electrons. The second-order valence-corrected chi connectivity index (χ2v) is 3.59. The van der Waals surface area contributed by atoms with Crippen LogP contribution in [0, 0.1) is 11.8 Å². The molecule has 0 aliphatic rings. The van der Waals surface area contributed by atoms with E-state index in [0.29, 0.717) is 18.8 Å². The third kappa shape index (κ3) is 3.37. The fourth-order valence-corrected chi connectivity index (χ4v) is 1.37. The van der Waals surface area contributed by atoms with Crippen LogP contribution < -0.4 is 4.74 Å². The highest BCUT2D eigenvalue weighted by atomic mass is 16.5. The lowest BCUT2D eigenvalue weighted by Crippen LogP contribution is -1.95. The Hall–Kier alpha value is -2.25. The summed E-state index contributed by atoms with van der Waals surface area (Å²) in [6, 6.07) is 7.53. The summed E-state index contributed by atoms with van der Waals surface area (Å²) < 4.78 is 10.4. The molecular formula is C14H13NO3. The van der Waals surface area contributed by atoms with Crippen LogP contribution in [-0.4, -0.2) is 16.9 Å². The summed E-state index contributed by atoms with van der Waals surface area (Å²) in [4.78, 5) is 0. The van der Waals surface area contributed by atoms with Gasteiger partial charge in [-0.15, -0.1) is 0 Å². The third-order valence-corrected chi connectivity index (χ3v) is 2.22. The van der Waals surface area contributed by atoms with Crippen LogP contribution in [-0.2, 0) is 6.61 Å². The molecule has 2 aromatic rings. The predicted octanol–water partition coefficient (Wildman–Crippen LogP) is 1.99. The molecule has 92 valence electrons. The number of rotatable bonds is 4. The number of nitrogens with zero attached hydrogens (tertiary/aromatic N) is 1. The number of para-hydroxylation sites is 1. The molecule has 4 nitrogen and oxygen atoms in total. The molecule has 0 amide bonds. The van der Waals surface area contributed by atoms with E-state index in [0.717, 1.165) is 11.1 Å². The summed E-state index contributed by atoms with van der Waals surface area (Å²) in [7, 11) is 0. The van der Waals surface area contributed by atoms with Gasteiger partial charge in [-0.2, -0.15) is 0 Å². The van der Waals surface area contributed by atoms with E-state index >= 15 is 0 Å². The Morgan fingerprint density at radius 2 is 2.22 bits per heavy atom. The first-order chi connectivity index (χ1) is 8.90. The maximum atomic E-state index is 8.69. The fraction of sp³-hybridized carbons (Fsp3) is 0.214. The van der Waals surface area contributed by atoms with Crippen LogP contribution in [0.4, 0.5) is 0 Å². The van der Waals surface area contributed by atoms with Crippen LogP contribution in [0.15, 0.2) is 41.2 Å². The molecule has 4 heteroatoms. The van der Waals surface area contributed by atoms with Crippen molar-refractivity contribution in [2.75, 3.05) is 6.61 Å². The molecule has 0 saturated carbocycles. The van der Waals surface area contributed by atoms with Gasteiger partial charge in [-0.25, -0.2) is 0 Å². The summed E-state index contributed by atoms with van der Waals surface area (Å²) >= 11 is 0. The van der Waals surface area contributed by atoms with Crippen molar-refractivity contribution in [2.24, 2.45) is 0 Å². The van der Waals surface area contributed by atoms with Gasteiger partial charge in [-0.05, 0) is 12.1 Å². The van der Waals surface area contributed by atoms with Gasteiger partial charge in [0.1, 0.15) is 18.6 Å². The van der Waals surface area contributed by atoms with Gasteiger partial charge < -0.3 is 14.4 Å². The first kappa shape index (κ1) is 12.2.